The fraction of sp³-hybridized carbons (Fsp3) is 0.263. The standard InChI is InChI=1S/C16H15N3O2.C3H8/c1-11-6-2-3-7-12(11)18-16(21)19-10-15(20)17-13-8-4-5-9-14(13)19;1-3-2/h2-9H,10H2,1H3,(H,17,20)(H,18,21);3H2,1-2H3. The number of fused-ring (bicyclic) bond motifs is 1. The Morgan fingerprint density at radius 1 is 1.12 bits per heavy atom. The van der Waals surface area contributed by atoms with Gasteiger partial charge in [0.25, 0.3) is 0 Å². The van der Waals surface area contributed by atoms with Gasteiger partial charge in [-0.05, 0) is 30.7 Å². The summed E-state index contributed by atoms with van der Waals surface area (Å²) in [6, 6.07) is 14.5. The summed E-state index contributed by atoms with van der Waals surface area (Å²) in [6.07, 6.45) is 1.25. The topological polar surface area (TPSA) is 61.4 Å². The molecule has 2 aromatic rings. The van der Waals surface area contributed by atoms with Gasteiger partial charge in [0.15, 0.2) is 0 Å². The zero-order chi connectivity index (χ0) is 17.5. The zero-order valence-corrected chi connectivity index (χ0v) is 14.3. The van der Waals surface area contributed by atoms with E-state index >= 15 is 0 Å². The number of carbonyl (C=O) groups is 2. The van der Waals surface area contributed by atoms with Crippen molar-refractivity contribution in [2.24, 2.45) is 0 Å². The molecule has 0 atom stereocenters. The Balaban J connectivity index is 0.000000647. The number of hydrogen-bond donors (Lipinski definition) is 2. The zero-order valence-electron chi connectivity index (χ0n) is 14.3. The summed E-state index contributed by atoms with van der Waals surface area (Å²) in [5.41, 5.74) is 3.06. The van der Waals surface area contributed by atoms with Crippen LogP contribution in [0.1, 0.15) is 25.8 Å². The van der Waals surface area contributed by atoms with Crippen LogP contribution < -0.4 is 15.5 Å². The predicted octanol–water partition coefficient (Wildman–Crippen LogP) is 4.40. The number of hydrogen-bond acceptors (Lipinski definition) is 2. The minimum atomic E-state index is -0.313. The molecule has 2 N–H and O–H groups in total. The molecule has 1 aliphatic heterocycles. The van der Waals surface area contributed by atoms with Crippen molar-refractivity contribution in [3.63, 3.8) is 0 Å². The Morgan fingerprint density at radius 2 is 1.75 bits per heavy atom. The van der Waals surface area contributed by atoms with Gasteiger partial charge in [-0.15, -0.1) is 0 Å². The first-order valence-corrected chi connectivity index (χ1v) is 8.09. The van der Waals surface area contributed by atoms with Crippen LogP contribution in [0.3, 0.4) is 0 Å². The van der Waals surface area contributed by atoms with Gasteiger partial charge < -0.3 is 10.6 Å². The number of para-hydroxylation sites is 3. The Morgan fingerprint density at radius 3 is 2.46 bits per heavy atom. The van der Waals surface area contributed by atoms with Crippen molar-refractivity contribution in [3.8, 4) is 0 Å². The highest BCUT2D eigenvalue weighted by Crippen LogP contribution is 2.29. The number of urea groups is 1. The van der Waals surface area contributed by atoms with Gasteiger partial charge in [0.2, 0.25) is 5.91 Å². The second kappa shape index (κ2) is 8.15. The summed E-state index contributed by atoms with van der Waals surface area (Å²) in [5.74, 6) is -0.200. The number of anilines is 3. The molecule has 0 unspecified atom stereocenters. The minimum Gasteiger partial charge on any atom is -0.323 e. The number of carbonyl (C=O) groups excluding carboxylic acids is 2. The van der Waals surface area contributed by atoms with Gasteiger partial charge in [0.1, 0.15) is 6.54 Å². The molecule has 1 aliphatic rings. The van der Waals surface area contributed by atoms with Crippen LogP contribution in [0.25, 0.3) is 0 Å². The lowest BCUT2D eigenvalue weighted by Crippen LogP contribution is -2.44. The Labute approximate surface area is 142 Å². The third kappa shape index (κ3) is 4.13. The first-order valence-electron chi connectivity index (χ1n) is 8.09. The van der Waals surface area contributed by atoms with E-state index in [0.29, 0.717) is 11.4 Å². The molecule has 0 fully saturated rings. The van der Waals surface area contributed by atoms with Crippen LogP contribution in [0.2, 0.25) is 0 Å². The molecular formula is C19H23N3O2. The average molecular weight is 325 g/mol. The van der Waals surface area contributed by atoms with Gasteiger partial charge >= 0.3 is 6.03 Å². The Bertz CT molecular complexity index is 728. The maximum Gasteiger partial charge on any atom is 0.326 e. The van der Waals surface area contributed by atoms with Crippen molar-refractivity contribution in [1.82, 2.24) is 0 Å². The third-order valence-corrected chi connectivity index (χ3v) is 3.40. The monoisotopic (exact) mass is 325 g/mol. The van der Waals surface area contributed by atoms with E-state index in [1.165, 1.54) is 11.3 Å². The van der Waals surface area contributed by atoms with Crippen molar-refractivity contribution in [1.29, 1.82) is 0 Å². The highest BCUT2D eigenvalue weighted by atomic mass is 16.2. The van der Waals surface area contributed by atoms with E-state index in [2.05, 4.69) is 24.5 Å². The van der Waals surface area contributed by atoms with Gasteiger partial charge in [-0.2, -0.15) is 0 Å². The van der Waals surface area contributed by atoms with Gasteiger partial charge in [0, 0.05) is 5.69 Å². The molecule has 2 aromatic carbocycles. The molecule has 0 spiro atoms. The molecule has 3 amide bonds. The van der Waals surface area contributed by atoms with Crippen LogP contribution in [-0.4, -0.2) is 18.5 Å². The van der Waals surface area contributed by atoms with E-state index in [1.807, 2.05) is 49.4 Å². The highest BCUT2D eigenvalue weighted by Gasteiger charge is 2.26. The third-order valence-electron chi connectivity index (χ3n) is 3.40. The van der Waals surface area contributed by atoms with E-state index in [4.69, 9.17) is 0 Å². The second-order valence-corrected chi connectivity index (χ2v) is 5.60. The molecular weight excluding hydrogens is 302 g/mol. The van der Waals surface area contributed by atoms with E-state index in [-0.39, 0.29) is 18.5 Å². The van der Waals surface area contributed by atoms with E-state index in [9.17, 15) is 9.59 Å². The van der Waals surface area contributed by atoms with Crippen molar-refractivity contribution in [2.45, 2.75) is 27.2 Å². The highest BCUT2D eigenvalue weighted by molar-refractivity contribution is 6.12. The normalized spacial score (nSPS) is 12.5. The summed E-state index contributed by atoms with van der Waals surface area (Å²) >= 11 is 0. The number of rotatable bonds is 1. The number of benzene rings is 2. The Hall–Kier alpha value is -2.82. The number of nitrogens with zero attached hydrogens (tertiary/aromatic N) is 1. The smallest absolute Gasteiger partial charge is 0.323 e. The summed E-state index contributed by atoms with van der Waals surface area (Å²) in [4.78, 5) is 25.6. The lowest BCUT2D eigenvalue weighted by molar-refractivity contribution is -0.115. The summed E-state index contributed by atoms with van der Waals surface area (Å²) < 4.78 is 0. The van der Waals surface area contributed by atoms with Gasteiger partial charge in [-0.25, -0.2) is 4.79 Å². The fourth-order valence-corrected chi connectivity index (χ4v) is 2.31. The van der Waals surface area contributed by atoms with Crippen molar-refractivity contribution in [2.75, 3.05) is 22.1 Å². The molecule has 0 aromatic heterocycles. The van der Waals surface area contributed by atoms with Crippen LogP contribution in [0.4, 0.5) is 21.9 Å². The number of amides is 3. The first-order chi connectivity index (χ1) is 11.6. The van der Waals surface area contributed by atoms with Crippen molar-refractivity contribution < 1.29 is 9.59 Å². The van der Waals surface area contributed by atoms with Crippen molar-refractivity contribution >= 4 is 29.0 Å². The summed E-state index contributed by atoms with van der Waals surface area (Å²) in [7, 11) is 0. The first kappa shape index (κ1) is 17.5. The molecule has 0 saturated heterocycles. The molecule has 1 heterocycles. The summed E-state index contributed by atoms with van der Waals surface area (Å²) in [6.45, 7) is 6.18. The van der Waals surface area contributed by atoms with E-state index in [1.54, 1.807) is 6.07 Å². The lowest BCUT2D eigenvalue weighted by Gasteiger charge is -2.29. The molecule has 0 bridgehead atoms. The van der Waals surface area contributed by atoms with Gasteiger partial charge in [0.05, 0.1) is 11.4 Å². The van der Waals surface area contributed by atoms with Crippen LogP contribution in [-0.2, 0) is 4.79 Å². The molecule has 3 rings (SSSR count). The second-order valence-electron chi connectivity index (χ2n) is 5.60. The van der Waals surface area contributed by atoms with Crippen LogP contribution >= 0.6 is 0 Å². The molecule has 5 nitrogen and oxygen atoms in total. The predicted molar refractivity (Wildman–Crippen MR) is 98.6 cm³/mol. The maximum absolute atomic E-state index is 12.5. The van der Waals surface area contributed by atoms with E-state index in [0.717, 1.165) is 11.3 Å². The van der Waals surface area contributed by atoms with Crippen molar-refractivity contribution in [3.05, 3.63) is 54.1 Å². The molecule has 24 heavy (non-hydrogen) atoms. The van der Waals surface area contributed by atoms with Gasteiger partial charge in [-0.1, -0.05) is 50.6 Å². The summed E-state index contributed by atoms with van der Waals surface area (Å²) in [5, 5.41) is 5.61. The maximum atomic E-state index is 12.5. The molecule has 0 saturated carbocycles. The lowest BCUT2D eigenvalue weighted by atomic mass is 10.2. The molecule has 0 aliphatic carbocycles. The number of nitrogens with one attached hydrogen (secondary N) is 2. The van der Waals surface area contributed by atoms with Gasteiger partial charge in [-0.3, -0.25) is 9.69 Å². The van der Waals surface area contributed by atoms with Crippen LogP contribution in [0.15, 0.2) is 48.5 Å². The minimum absolute atomic E-state index is 0.00866. The van der Waals surface area contributed by atoms with E-state index < -0.39 is 0 Å². The average Bonchev–Trinajstić information content (AvgIpc) is 2.57. The largest absolute Gasteiger partial charge is 0.326 e. The molecule has 5 heteroatoms. The molecule has 126 valence electrons. The van der Waals surface area contributed by atoms with Crippen LogP contribution in [0, 0.1) is 6.92 Å². The fourth-order valence-electron chi connectivity index (χ4n) is 2.31. The number of aryl methyl sites for hydroxylation is 1. The van der Waals surface area contributed by atoms with Crippen LogP contribution in [0.5, 0.6) is 0 Å². The quantitative estimate of drug-likeness (QED) is 0.816. The Kier molecular flexibility index (Phi) is 5.95. The molecule has 0 radical (unpaired) electrons. The SMILES string of the molecule is CCC.Cc1ccccc1NC(=O)N1CC(=O)Nc2ccccc21.